The van der Waals surface area contributed by atoms with Gasteiger partial charge in [0.15, 0.2) is 0 Å². The Morgan fingerprint density at radius 2 is 1.72 bits per heavy atom. The van der Waals surface area contributed by atoms with Crippen LogP contribution < -0.4 is 16.0 Å². The van der Waals surface area contributed by atoms with Gasteiger partial charge >= 0.3 is 0 Å². The van der Waals surface area contributed by atoms with E-state index in [-0.39, 0.29) is 5.84 Å². The number of aryl methyl sites for hydroxylation is 1. The van der Waals surface area contributed by atoms with E-state index in [1.165, 1.54) is 0 Å². The lowest BCUT2D eigenvalue weighted by Gasteiger charge is -2.23. The van der Waals surface area contributed by atoms with Crippen LogP contribution in [0, 0.1) is 10.8 Å². The predicted octanol–water partition coefficient (Wildman–Crippen LogP) is 4.66. The zero-order valence-electron chi connectivity index (χ0n) is 17.9. The van der Waals surface area contributed by atoms with Crippen LogP contribution in [-0.2, 0) is 6.42 Å². The van der Waals surface area contributed by atoms with Crippen LogP contribution in [0.25, 0.3) is 11.3 Å². The molecule has 162 valence electrons. The molecule has 0 bridgehead atoms. The number of fused-ring (bicyclic) bond motifs is 1. The largest absolute Gasteiger partial charge is 0.388 e. The first kappa shape index (κ1) is 21.5. The van der Waals surface area contributed by atoms with Crippen LogP contribution >= 0.6 is 11.6 Å². The molecule has 0 radical (unpaired) electrons. The van der Waals surface area contributed by atoms with Gasteiger partial charge in [-0.2, -0.15) is 0 Å². The molecule has 1 aromatic heterocycles. The third-order valence-corrected chi connectivity index (χ3v) is 5.72. The van der Waals surface area contributed by atoms with E-state index >= 15 is 0 Å². The third-order valence-electron chi connectivity index (χ3n) is 5.39. The molecule has 0 amide bonds. The van der Waals surface area contributed by atoms with Crippen LogP contribution in [-0.4, -0.2) is 35.6 Å². The van der Waals surface area contributed by atoms with E-state index in [0.717, 1.165) is 22.5 Å². The zero-order chi connectivity index (χ0) is 22.7. The summed E-state index contributed by atoms with van der Waals surface area (Å²) in [5.41, 5.74) is 5.95. The van der Waals surface area contributed by atoms with E-state index in [2.05, 4.69) is 20.9 Å². The highest BCUT2D eigenvalue weighted by Crippen LogP contribution is 2.34. The Labute approximate surface area is 192 Å². The van der Waals surface area contributed by atoms with E-state index in [1.807, 2.05) is 62.6 Å². The smallest absolute Gasteiger partial charge is 0.228 e. The molecule has 0 spiro atoms. The van der Waals surface area contributed by atoms with Gasteiger partial charge in [-0.15, -0.1) is 0 Å². The molecule has 7 nitrogen and oxygen atoms in total. The lowest BCUT2D eigenvalue weighted by molar-refractivity contribution is 0.955. The molecule has 1 aliphatic carbocycles. The standard InChI is InChI=1S/C24H24ClN7/c1-28-19-10-6-4-8-16(19)23(27)32-24-30-13-14-11-12-18(26)20(21(14)31-24)22(29-2)15-7-3-5-9-17(15)25/h3-10,13,26,28-29H,11-12H2,1-2H3,(H2,27,30,31,32)/b22-20+,26-18?. The quantitative estimate of drug-likeness (QED) is 0.290. The molecule has 2 aromatic carbocycles. The van der Waals surface area contributed by atoms with Crippen molar-refractivity contribution in [3.63, 3.8) is 0 Å². The molecule has 32 heavy (non-hydrogen) atoms. The molecular formula is C24H24ClN7. The average molecular weight is 446 g/mol. The summed E-state index contributed by atoms with van der Waals surface area (Å²) >= 11 is 6.46. The van der Waals surface area contributed by atoms with Crippen LogP contribution in [0.2, 0.25) is 5.02 Å². The number of hydrogen-bond donors (Lipinski definition) is 5. The van der Waals surface area contributed by atoms with Gasteiger partial charge < -0.3 is 21.4 Å². The Hall–Kier alpha value is -3.71. The summed E-state index contributed by atoms with van der Waals surface area (Å²) in [6, 6.07) is 15.1. The second-order valence-corrected chi connectivity index (χ2v) is 7.73. The molecule has 3 aromatic rings. The van der Waals surface area contributed by atoms with Gasteiger partial charge in [-0.25, -0.2) is 9.97 Å². The third kappa shape index (κ3) is 4.07. The van der Waals surface area contributed by atoms with Gasteiger partial charge in [-0.1, -0.05) is 41.9 Å². The number of allylic oxidation sites excluding steroid dienone is 1. The van der Waals surface area contributed by atoms with Crippen molar-refractivity contribution >= 4 is 46.1 Å². The highest BCUT2D eigenvalue weighted by atomic mass is 35.5. The van der Waals surface area contributed by atoms with Crippen LogP contribution in [0.4, 0.5) is 11.6 Å². The summed E-state index contributed by atoms with van der Waals surface area (Å²) in [4.78, 5) is 9.15. The molecule has 8 heteroatoms. The molecule has 5 N–H and O–H groups in total. The fraction of sp³-hybridized carbons (Fsp3) is 0.167. The first-order chi connectivity index (χ1) is 15.5. The summed E-state index contributed by atoms with van der Waals surface area (Å²) in [6.07, 6.45) is 3.06. The van der Waals surface area contributed by atoms with Crippen molar-refractivity contribution in [3.8, 4) is 0 Å². The molecule has 0 saturated heterocycles. The number of nitrogens with zero attached hydrogens (tertiary/aromatic N) is 2. The van der Waals surface area contributed by atoms with Gasteiger partial charge in [0.05, 0.1) is 11.4 Å². The molecular weight excluding hydrogens is 422 g/mol. The fourth-order valence-corrected chi connectivity index (χ4v) is 4.05. The second kappa shape index (κ2) is 9.20. The lowest BCUT2D eigenvalue weighted by atomic mass is 9.87. The Morgan fingerprint density at radius 1 is 1.00 bits per heavy atom. The maximum absolute atomic E-state index is 8.66. The average Bonchev–Trinajstić information content (AvgIpc) is 2.81. The van der Waals surface area contributed by atoms with Gasteiger partial charge in [0.25, 0.3) is 0 Å². The minimum Gasteiger partial charge on any atom is -0.388 e. The molecule has 0 fully saturated rings. The molecule has 0 saturated carbocycles. The first-order valence-corrected chi connectivity index (χ1v) is 10.6. The summed E-state index contributed by atoms with van der Waals surface area (Å²) in [5, 5.41) is 27.1. The van der Waals surface area contributed by atoms with Gasteiger partial charge in [-0.3, -0.25) is 5.41 Å². The summed E-state index contributed by atoms with van der Waals surface area (Å²) in [6.45, 7) is 0. The summed E-state index contributed by atoms with van der Waals surface area (Å²) < 4.78 is 0. The fourth-order valence-electron chi connectivity index (χ4n) is 3.82. The Morgan fingerprint density at radius 3 is 2.44 bits per heavy atom. The van der Waals surface area contributed by atoms with Gasteiger partial charge in [0.1, 0.15) is 5.84 Å². The van der Waals surface area contributed by atoms with E-state index in [9.17, 15) is 0 Å². The maximum Gasteiger partial charge on any atom is 0.228 e. The monoisotopic (exact) mass is 445 g/mol. The number of anilines is 2. The lowest BCUT2D eigenvalue weighted by Crippen LogP contribution is -2.22. The minimum atomic E-state index is 0.186. The van der Waals surface area contributed by atoms with E-state index in [4.69, 9.17) is 27.4 Å². The van der Waals surface area contributed by atoms with Crippen LogP contribution in [0.15, 0.2) is 54.7 Å². The van der Waals surface area contributed by atoms with Crippen LogP contribution in [0.5, 0.6) is 0 Å². The number of amidine groups is 1. The highest BCUT2D eigenvalue weighted by molar-refractivity contribution is 6.35. The zero-order valence-corrected chi connectivity index (χ0v) is 18.6. The van der Waals surface area contributed by atoms with E-state index in [1.54, 1.807) is 6.20 Å². The van der Waals surface area contributed by atoms with Crippen LogP contribution in [0.3, 0.4) is 0 Å². The molecule has 0 aliphatic heterocycles. The molecule has 4 rings (SSSR count). The number of hydrogen-bond acceptors (Lipinski definition) is 6. The van der Waals surface area contributed by atoms with Crippen molar-refractivity contribution in [2.24, 2.45) is 0 Å². The SMILES string of the molecule is CN/C(=C1\C(=N)CCc2cnc(NC(=N)c3ccccc3NC)nc21)c1ccccc1Cl. The number of benzene rings is 2. The molecule has 1 aliphatic rings. The number of aromatic nitrogens is 2. The number of para-hydroxylation sites is 1. The maximum atomic E-state index is 8.66. The summed E-state index contributed by atoms with van der Waals surface area (Å²) in [7, 11) is 3.64. The normalized spacial score (nSPS) is 14.4. The Bertz CT molecular complexity index is 1230. The van der Waals surface area contributed by atoms with Crippen molar-refractivity contribution in [2.45, 2.75) is 12.8 Å². The van der Waals surface area contributed by atoms with Crippen molar-refractivity contribution in [3.05, 3.63) is 82.1 Å². The predicted molar refractivity (Wildman–Crippen MR) is 132 cm³/mol. The van der Waals surface area contributed by atoms with Crippen molar-refractivity contribution < 1.29 is 0 Å². The van der Waals surface area contributed by atoms with Gasteiger partial charge in [0, 0.05) is 53.4 Å². The number of rotatable bonds is 5. The Balaban J connectivity index is 1.78. The Kier molecular flexibility index (Phi) is 6.18. The topological polar surface area (TPSA) is 110 Å². The van der Waals surface area contributed by atoms with Crippen molar-refractivity contribution in [2.75, 3.05) is 24.7 Å². The molecule has 0 atom stereocenters. The number of halogens is 1. The van der Waals surface area contributed by atoms with E-state index < -0.39 is 0 Å². The molecule has 0 unspecified atom stereocenters. The minimum absolute atomic E-state index is 0.186. The van der Waals surface area contributed by atoms with Gasteiger partial charge in [0.2, 0.25) is 5.95 Å². The van der Waals surface area contributed by atoms with E-state index in [0.29, 0.717) is 46.4 Å². The first-order valence-electron chi connectivity index (χ1n) is 10.3. The van der Waals surface area contributed by atoms with Crippen LogP contribution in [0.1, 0.15) is 28.8 Å². The second-order valence-electron chi connectivity index (χ2n) is 7.32. The molecule has 1 heterocycles. The summed E-state index contributed by atoms with van der Waals surface area (Å²) in [5.74, 6) is 0.493. The highest BCUT2D eigenvalue weighted by Gasteiger charge is 2.26. The number of nitrogens with one attached hydrogen (secondary N) is 5. The van der Waals surface area contributed by atoms with Crippen molar-refractivity contribution in [1.29, 1.82) is 10.8 Å². The van der Waals surface area contributed by atoms with Gasteiger partial charge in [-0.05, 0) is 36.6 Å². The van der Waals surface area contributed by atoms with Crippen molar-refractivity contribution in [1.82, 2.24) is 15.3 Å².